The molecule has 2 aromatic rings. The van der Waals surface area contributed by atoms with Crippen LogP contribution in [0.25, 0.3) is 0 Å². The number of halogens is 4. The van der Waals surface area contributed by atoms with Gasteiger partial charge in [0, 0.05) is 31.9 Å². The molecule has 0 radical (unpaired) electrons. The summed E-state index contributed by atoms with van der Waals surface area (Å²) in [5.41, 5.74) is -0.143. The third-order valence-electron chi connectivity index (χ3n) is 5.30. The summed E-state index contributed by atoms with van der Waals surface area (Å²) in [6.45, 7) is 0.655. The summed E-state index contributed by atoms with van der Waals surface area (Å²) < 4.78 is 60.4. The summed E-state index contributed by atoms with van der Waals surface area (Å²) in [5, 5.41) is 2.26. The number of aromatic nitrogens is 2. The molecule has 0 bridgehead atoms. The Bertz CT molecular complexity index is 1050. The molecule has 8 nitrogen and oxygen atoms in total. The highest BCUT2D eigenvalue weighted by Gasteiger charge is 2.50. The quantitative estimate of drug-likeness (QED) is 0.693. The van der Waals surface area contributed by atoms with Crippen molar-refractivity contribution < 1.29 is 31.9 Å². The molecule has 0 aliphatic carbocycles. The lowest BCUT2D eigenvalue weighted by Crippen LogP contribution is -2.55. The first-order valence-corrected chi connectivity index (χ1v) is 9.76. The zero-order valence-corrected chi connectivity index (χ0v) is 16.9. The van der Waals surface area contributed by atoms with E-state index in [1.165, 1.54) is 25.4 Å². The number of carbonyl (C=O) groups is 2. The molecule has 3 heterocycles. The first-order chi connectivity index (χ1) is 15.1. The minimum atomic E-state index is -3.27. The summed E-state index contributed by atoms with van der Waals surface area (Å²) in [5.74, 6) is -6.30. The number of benzene rings is 1. The van der Waals surface area contributed by atoms with Crippen LogP contribution in [-0.4, -0.2) is 70.9 Å². The van der Waals surface area contributed by atoms with Crippen LogP contribution in [0.15, 0.2) is 30.6 Å². The van der Waals surface area contributed by atoms with Crippen LogP contribution >= 0.6 is 0 Å². The maximum absolute atomic E-state index is 14.2. The van der Waals surface area contributed by atoms with Crippen LogP contribution in [0.2, 0.25) is 0 Å². The molecule has 0 saturated carbocycles. The number of ether oxygens (including phenoxy) is 1. The Labute approximate surface area is 180 Å². The maximum atomic E-state index is 14.2. The second-order valence-electron chi connectivity index (χ2n) is 7.64. The van der Waals surface area contributed by atoms with Crippen LogP contribution in [0.5, 0.6) is 5.75 Å². The van der Waals surface area contributed by atoms with E-state index in [4.69, 9.17) is 4.74 Å². The van der Waals surface area contributed by atoms with Crippen molar-refractivity contribution in [3.8, 4) is 5.75 Å². The average Bonchev–Trinajstić information content (AvgIpc) is 3.01. The largest absolute Gasteiger partial charge is 0.487 e. The molecule has 2 saturated heterocycles. The Balaban J connectivity index is 1.41. The van der Waals surface area contributed by atoms with Gasteiger partial charge in [-0.2, -0.15) is 0 Å². The van der Waals surface area contributed by atoms with E-state index in [1.807, 2.05) is 0 Å². The highest BCUT2D eigenvalue weighted by molar-refractivity contribution is 5.97. The van der Waals surface area contributed by atoms with Gasteiger partial charge in [-0.1, -0.05) is 0 Å². The lowest BCUT2D eigenvalue weighted by atomic mass is 10.1. The van der Waals surface area contributed by atoms with E-state index < -0.39 is 42.0 Å². The molecule has 2 fully saturated rings. The summed E-state index contributed by atoms with van der Waals surface area (Å²) in [6.07, 6.45) is 2.25. The van der Waals surface area contributed by atoms with Gasteiger partial charge in [0.25, 0.3) is 11.8 Å². The monoisotopic (exact) mass is 453 g/mol. The molecular formula is C20H19F4N5O3. The molecule has 4 rings (SSSR count). The number of alkyl halides is 2. The zero-order valence-electron chi connectivity index (χ0n) is 16.9. The topological polar surface area (TPSA) is 87.7 Å². The van der Waals surface area contributed by atoms with Gasteiger partial charge in [-0.3, -0.25) is 9.59 Å². The van der Waals surface area contributed by atoms with Crippen LogP contribution in [0.4, 0.5) is 23.4 Å². The Morgan fingerprint density at radius 2 is 1.84 bits per heavy atom. The highest BCUT2D eigenvalue weighted by Crippen LogP contribution is 2.29. The van der Waals surface area contributed by atoms with Crippen LogP contribution in [0.3, 0.4) is 0 Å². The SMILES string of the molecule is CC(=O)N1CC(NC(=O)c2nccnc2N2CC(Oc3ccc(F)c(F)c3)C2)C(F)(F)C1. The molecule has 1 N–H and O–H groups in total. The van der Waals surface area contributed by atoms with Crippen molar-refractivity contribution in [3.05, 3.63) is 47.9 Å². The molecule has 32 heavy (non-hydrogen) atoms. The maximum Gasteiger partial charge on any atom is 0.286 e. The number of amides is 2. The number of carbonyl (C=O) groups excluding carboxylic acids is 2. The molecule has 1 aromatic carbocycles. The standard InChI is InChI=1S/C20H19F4N5O3/c1-11(30)29-9-16(20(23,24)10-29)27-19(31)17-18(26-5-4-25-17)28-7-13(8-28)32-12-2-3-14(21)15(22)6-12/h2-6,13,16H,7-10H2,1H3,(H,27,31). The number of anilines is 1. The van der Waals surface area contributed by atoms with Crippen molar-refractivity contribution in [2.24, 2.45) is 0 Å². The number of hydrogen-bond donors (Lipinski definition) is 1. The molecule has 2 amide bonds. The average molecular weight is 453 g/mol. The van der Waals surface area contributed by atoms with Crippen molar-refractivity contribution in [3.63, 3.8) is 0 Å². The van der Waals surface area contributed by atoms with Crippen molar-refractivity contribution >= 4 is 17.6 Å². The number of hydrogen-bond acceptors (Lipinski definition) is 6. The molecule has 12 heteroatoms. The third kappa shape index (κ3) is 4.30. The first-order valence-electron chi connectivity index (χ1n) is 9.76. The van der Waals surface area contributed by atoms with E-state index in [2.05, 4.69) is 15.3 Å². The number of rotatable bonds is 5. The van der Waals surface area contributed by atoms with E-state index in [-0.39, 0.29) is 43.0 Å². The second kappa shape index (κ2) is 8.24. The predicted molar refractivity (Wildman–Crippen MR) is 103 cm³/mol. The lowest BCUT2D eigenvalue weighted by molar-refractivity contribution is -0.129. The van der Waals surface area contributed by atoms with Crippen LogP contribution in [-0.2, 0) is 4.79 Å². The molecule has 1 aromatic heterocycles. The Morgan fingerprint density at radius 1 is 1.12 bits per heavy atom. The minimum Gasteiger partial charge on any atom is -0.487 e. The van der Waals surface area contributed by atoms with Gasteiger partial charge in [0.05, 0.1) is 19.6 Å². The Kier molecular flexibility index (Phi) is 5.61. The smallest absolute Gasteiger partial charge is 0.286 e. The van der Waals surface area contributed by atoms with Gasteiger partial charge >= 0.3 is 0 Å². The first kappa shape index (κ1) is 21.8. The minimum absolute atomic E-state index is 0.143. The van der Waals surface area contributed by atoms with Crippen LogP contribution in [0.1, 0.15) is 17.4 Å². The zero-order chi connectivity index (χ0) is 23.0. The van der Waals surface area contributed by atoms with Gasteiger partial charge in [0.2, 0.25) is 5.91 Å². The van der Waals surface area contributed by atoms with Gasteiger partial charge in [-0.25, -0.2) is 27.5 Å². The van der Waals surface area contributed by atoms with Crippen molar-refractivity contribution in [2.45, 2.75) is 25.0 Å². The van der Waals surface area contributed by atoms with E-state index >= 15 is 0 Å². The van der Waals surface area contributed by atoms with Gasteiger partial charge < -0.3 is 19.9 Å². The van der Waals surface area contributed by atoms with Crippen LogP contribution in [0, 0.1) is 11.6 Å². The Morgan fingerprint density at radius 3 is 2.50 bits per heavy atom. The van der Waals surface area contributed by atoms with Crippen LogP contribution < -0.4 is 15.0 Å². The highest BCUT2D eigenvalue weighted by atomic mass is 19.3. The van der Waals surface area contributed by atoms with Crippen molar-refractivity contribution in [1.29, 1.82) is 0 Å². The number of nitrogens with one attached hydrogen (secondary N) is 1. The molecule has 1 atom stereocenters. The van der Waals surface area contributed by atoms with E-state index in [1.54, 1.807) is 4.90 Å². The summed E-state index contributed by atoms with van der Waals surface area (Å²) in [6, 6.07) is 1.65. The fraction of sp³-hybridized carbons (Fsp3) is 0.400. The molecule has 2 aliphatic rings. The van der Waals surface area contributed by atoms with E-state index in [9.17, 15) is 27.2 Å². The van der Waals surface area contributed by atoms with Gasteiger partial charge in [0.15, 0.2) is 23.1 Å². The van der Waals surface area contributed by atoms with E-state index in [0.29, 0.717) is 0 Å². The second-order valence-corrected chi connectivity index (χ2v) is 7.64. The molecule has 2 aliphatic heterocycles. The van der Waals surface area contributed by atoms with Gasteiger partial charge in [-0.05, 0) is 12.1 Å². The number of likely N-dealkylation sites (tertiary alicyclic amines) is 1. The Hall–Kier alpha value is -3.44. The molecule has 0 spiro atoms. The van der Waals surface area contributed by atoms with Crippen molar-refractivity contribution in [2.75, 3.05) is 31.1 Å². The molecule has 170 valence electrons. The van der Waals surface area contributed by atoms with Crippen molar-refractivity contribution in [1.82, 2.24) is 20.2 Å². The molecular weight excluding hydrogens is 434 g/mol. The normalized spacial score (nSPS) is 20.1. The summed E-state index contributed by atoms with van der Waals surface area (Å²) in [4.78, 5) is 34.8. The lowest BCUT2D eigenvalue weighted by Gasteiger charge is -2.40. The fourth-order valence-electron chi connectivity index (χ4n) is 3.55. The third-order valence-corrected chi connectivity index (χ3v) is 5.30. The summed E-state index contributed by atoms with van der Waals surface area (Å²) >= 11 is 0. The predicted octanol–water partition coefficient (Wildman–Crippen LogP) is 1.62. The fourth-order valence-corrected chi connectivity index (χ4v) is 3.55. The van der Waals surface area contributed by atoms with E-state index in [0.717, 1.165) is 17.0 Å². The van der Waals surface area contributed by atoms with Gasteiger partial charge in [0.1, 0.15) is 17.9 Å². The summed E-state index contributed by atoms with van der Waals surface area (Å²) in [7, 11) is 0. The van der Waals surface area contributed by atoms with Gasteiger partial charge in [-0.15, -0.1) is 0 Å². The molecule has 1 unspecified atom stereocenters. The number of nitrogens with zero attached hydrogens (tertiary/aromatic N) is 4.